The third-order valence-corrected chi connectivity index (χ3v) is 3.52. The molecular formula is C10H18. The molecule has 2 unspecified atom stereocenters. The molecule has 0 heterocycles. The minimum Gasteiger partial charge on any atom is -0.0625 e. The summed E-state index contributed by atoms with van der Waals surface area (Å²) >= 11 is 0. The van der Waals surface area contributed by atoms with Crippen LogP contribution in [0.15, 0.2) is 0 Å². The molecule has 0 radical (unpaired) electrons. The Bertz CT molecular complexity index is 125. The highest BCUT2D eigenvalue weighted by atomic mass is 14.6. The van der Waals surface area contributed by atoms with Crippen molar-refractivity contribution in [1.29, 1.82) is 0 Å². The average Bonchev–Trinajstić information content (AvgIpc) is 2.32. The highest BCUT2D eigenvalue weighted by Gasteiger charge is 2.55. The molecule has 0 nitrogen and oxygen atoms in total. The molecule has 0 aromatic carbocycles. The van der Waals surface area contributed by atoms with Gasteiger partial charge < -0.3 is 0 Å². The summed E-state index contributed by atoms with van der Waals surface area (Å²) in [6.45, 7) is 7.17. The van der Waals surface area contributed by atoms with Crippen molar-refractivity contribution in [2.75, 3.05) is 0 Å². The van der Waals surface area contributed by atoms with Crippen molar-refractivity contribution in [3.05, 3.63) is 0 Å². The Morgan fingerprint density at radius 2 is 1.60 bits per heavy atom. The van der Waals surface area contributed by atoms with Crippen molar-refractivity contribution >= 4 is 0 Å². The first-order valence-corrected chi connectivity index (χ1v) is 4.70. The average molecular weight is 138 g/mol. The van der Waals surface area contributed by atoms with Crippen molar-refractivity contribution in [2.24, 2.45) is 29.6 Å². The van der Waals surface area contributed by atoms with E-state index in [1.807, 2.05) is 0 Å². The second kappa shape index (κ2) is 1.99. The largest absolute Gasteiger partial charge is 0.0625 e. The molecule has 0 saturated heterocycles. The molecular weight excluding hydrogens is 120 g/mol. The fourth-order valence-corrected chi connectivity index (χ4v) is 3.15. The summed E-state index contributed by atoms with van der Waals surface area (Å²) in [5.41, 5.74) is 0. The Kier molecular flexibility index (Phi) is 1.33. The van der Waals surface area contributed by atoms with E-state index in [2.05, 4.69) is 20.8 Å². The Labute approximate surface area is 64.0 Å². The molecule has 0 amide bonds. The van der Waals surface area contributed by atoms with Gasteiger partial charge in [0.15, 0.2) is 0 Å². The molecule has 0 heteroatoms. The van der Waals surface area contributed by atoms with E-state index in [0.29, 0.717) is 0 Å². The van der Waals surface area contributed by atoms with Gasteiger partial charge in [-0.05, 0) is 42.4 Å². The summed E-state index contributed by atoms with van der Waals surface area (Å²) in [5, 5.41) is 0. The molecule has 2 atom stereocenters. The van der Waals surface area contributed by atoms with E-state index in [9.17, 15) is 0 Å². The van der Waals surface area contributed by atoms with Crippen LogP contribution in [-0.4, -0.2) is 0 Å². The van der Waals surface area contributed by atoms with Crippen LogP contribution in [-0.2, 0) is 0 Å². The zero-order valence-corrected chi connectivity index (χ0v) is 7.30. The minimum absolute atomic E-state index is 0.961. The molecule has 2 rings (SSSR count). The molecule has 10 heavy (non-hydrogen) atoms. The van der Waals surface area contributed by atoms with Crippen LogP contribution in [0, 0.1) is 29.6 Å². The van der Waals surface area contributed by atoms with E-state index >= 15 is 0 Å². The maximum absolute atomic E-state index is 2.41. The quantitative estimate of drug-likeness (QED) is 0.522. The van der Waals surface area contributed by atoms with Gasteiger partial charge in [-0.1, -0.05) is 20.8 Å². The second-order valence-corrected chi connectivity index (χ2v) is 4.73. The van der Waals surface area contributed by atoms with Gasteiger partial charge in [0.05, 0.1) is 0 Å². The normalized spacial score (nSPS) is 51.6. The Hall–Kier alpha value is 0. The van der Waals surface area contributed by atoms with Crippen molar-refractivity contribution < 1.29 is 0 Å². The molecule has 2 aliphatic rings. The summed E-state index contributed by atoms with van der Waals surface area (Å²) in [5.74, 6) is 5.42. The Balaban J connectivity index is 1.92. The Morgan fingerprint density at radius 3 is 2.00 bits per heavy atom. The van der Waals surface area contributed by atoms with Crippen LogP contribution in [0.25, 0.3) is 0 Å². The summed E-state index contributed by atoms with van der Waals surface area (Å²) in [4.78, 5) is 0. The van der Waals surface area contributed by atoms with Gasteiger partial charge in [0.2, 0.25) is 0 Å². The molecule has 2 aliphatic carbocycles. The maximum Gasteiger partial charge on any atom is -0.0329 e. The monoisotopic (exact) mass is 138 g/mol. The highest BCUT2D eigenvalue weighted by Crippen LogP contribution is 2.62. The lowest BCUT2D eigenvalue weighted by molar-refractivity contribution is 0.402. The predicted octanol–water partition coefficient (Wildman–Crippen LogP) is 2.93. The van der Waals surface area contributed by atoms with Crippen molar-refractivity contribution in [2.45, 2.75) is 33.6 Å². The molecule has 2 fully saturated rings. The predicted molar refractivity (Wildman–Crippen MR) is 43.7 cm³/mol. The minimum atomic E-state index is 0.961. The van der Waals surface area contributed by atoms with E-state index < -0.39 is 0 Å². The van der Waals surface area contributed by atoms with Crippen LogP contribution >= 0.6 is 0 Å². The molecule has 2 saturated carbocycles. The van der Waals surface area contributed by atoms with Gasteiger partial charge >= 0.3 is 0 Å². The maximum atomic E-state index is 2.41. The molecule has 0 aromatic heterocycles. The first-order chi connectivity index (χ1) is 4.70. The standard InChI is InChI=1S/C10H18/c1-6(2)10-8-4-7(3)5-9(8)10/h6-10H,4-5H2,1-3H3. The van der Waals surface area contributed by atoms with E-state index in [4.69, 9.17) is 0 Å². The van der Waals surface area contributed by atoms with Crippen LogP contribution in [0.2, 0.25) is 0 Å². The highest BCUT2D eigenvalue weighted by molar-refractivity contribution is 5.03. The second-order valence-electron chi connectivity index (χ2n) is 4.73. The lowest BCUT2D eigenvalue weighted by Gasteiger charge is -2.10. The number of hydrogen-bond donors (Lipinski definition) is 0. The number of rotatable bonds is 1. The summed E-state index contributed by atoms with van der Waals surface area (Å²) in [6.07, 6.45) is 3.07. The van der Waals surface area contributed by atoms with Gasteiger partial charge in [0, 0.05) is 0 Å². The van der Waals surface area contributed by atoms with Crippen LogP contribution in [0.5, 0.6) is 0 Å². The van der Waals surface area contributed by atoms with Crippen LogP contribution in [0.3, 0.4) is 0 Å². The van der Waals surface area contributed by atoms with Gasteiger partial charge in [0.25, 0.3) is 0 Å². The van der Waals surface area contributed by atoms with Crippen molar-refractivity contribution in [1.82, 2.24) is 0 Å². The summed E-state index contributed by atoms with van der Waals surface area (Å²) < 4.78 is 0. The van der Waals surface area contributed by atoms with Gasteiger partial charge in [0.1, 0.15) is 0 Å². The van der Waals surface area contributed by atoms with Gasteiger partial charge in [-0.25, -0.2) is 0 Å². The number of hydrogen-bond acceptors (Lipinski definition) is 0. The fraction of sp³-hybridized carbons (Fsp3) is 1.00. The topological polar surface area (TPSA) is 0 Å². The van der Waals surface area contributed by atoms with Crippen LogP contribution in [0.1, 0.15) is 33.6 Å². The molecule has 0 N–H and O–H groups in total. The SMILES string of the molecule is CC1CC2C(C1)C2C(C)C. The fourth-order valence-electron chi connectivity index (χ4n) is 3.15. The molecule has 0 aromatic rings. The van der Waals surface area contributed by atoms with Crippen LogP contribution in [0.4, 0.5) is 0 Å². The molecule has 0 bridgehead atoms. The molecule has 0 aliphatic heterocycles. The van der Waals surface area contributed by atoms with E-state index in [1.165, 1.54) is 12.8 Å². The van der Waals surface area contributed by atoms with Gasteiger partial charge in [-0.3, -0.25) is 0 Å². The summed E-state index contributed by atoms with van der Waals surface area (Å²) in [6, 6.07) is 0. The molecule has 0 spiro atoms. The number of fused-ring (bicyclic) bond motifs is 1. The first kappa shape index (κ1) is 6.69. The van der Waals surface area contributed by atoms with E-state index in [1.54, 1.807) is 0 Å². The van der Waals surface area contributed by atoms with Crippen molar-refractivity contribution in [3.63, 3.8) is 0 Å². The van der Waals surface area contributed by atoms with E-state index in [0.717, 1.165) is 29.6 Å². The zero-order valence-electron chi connectivity index (χ0n) is 7.30. The lowest BCUT2D eigenvalue weighted by Crippen LogP contribution is -2.01. The zero-order chi connectivity index (χ0) is 7.30. The van der Waals surface area contributed by atoms with Gasteiger partial charge in [-0.2, -0.15) is 0 Å². The smallest absolute Gasteiger partial charge is 0.0329 e. The Morgan fingerprint density at radius 1 is 1.10 bits per heavy atom. The van der Waals surface area contributed by atoms with E-state index in [-0.39, 0.29) is 0 Å². The molecule has 58 valence electrons. The summed E-state index contributed by atoms with van der Waals surface area (Å²) in [7, 11) is 0. The van der Waals surface area contributed by atoms with Crippen LogP contribution < -0.4 is 0 Å². The first-order valence-electron chi connectivity index (χ1n) is 4.70. The third-order valence-electron chi connectivity index (χ3n) is 3.52. The third kappa shape index (κ3) is 0.810. The van der Waals surface area contributed by atoms with Gasteiger partial charge in [-0.15, -0.1) is 0 Å². The lowest BCUT2D eigenvalue weighted by atomic mass is 9.96. The van der Waals surface area contributed by atoms with Crippen molar-refractivity contribution in [3.8, 4) is 0 Å².